The summed E-state index contributed by atoms with van der Waals surface area (Å²) in [6.45, 7) is 5.37. The molecule has 0 bridgehead atoms. The molecule has 35 heavy (non-hydrogen) atoms. The predicted molar refractivity (Wildman–Crippen MR) is 141 cm³/mol. The maximum absolute atomic E-state index is 6.62. The van der Waals surface area contributed by atoms with Crippen LogP contribution in [0.5, 0.6) is 5.75 Å². The molecule has 5 rings (SSSR count). The lowest BCUT2D eigenvalue weighted by Crippen LogP contribution is -2.13. The maximum atomic E-state index is 6.62. The number of rotatable bonds is 8. The molecule has 3 N–H and O–H groups in total. The summed E-state index contributed by atoms with van der Waals surface area (Å²) in [7, 11) is 0. The molecular weight excluding hydrogens is 436 g/mol. The summed E-state index contributed by atoms with van der Waals surface area (Å²) in [5, 5.41) is 8.75. The van der Waals surface area contributed by atoms with Crippen molar-refractivity contribution in [1.82, 2.24) is 19.7 Å². The van der Waals surface area contributed by atoms with E-state index in [9.17, 15) is 0 Å². The van der Waals surface area contributed by atoms with Crippen molar-refractivity contribution in [2.24, 2.45) is 0 Å². The third-order valence-electron chi connectivity index (χ3n) is 5.82. The summed E-state index contributed by atoms with van der Waals surface area (Å²) in [6.07, 6.45) is 0. The first kappa shape index (κ1) is 22.4. The second-order valence-corrected chi connectivity index (χ2v) is 8.59. The van der Waals surface area contributed by atoms with Gasteiger partial charge in [-0.25, -0.2) is 9.67 Å². The van der Waals surface area contributed by atoms with Crippen LogP contribution in [0.25, 0.3) is 28.0 Å². The third kappa shape index (κ3) is 4.80. The number of nitrogens with zero attached hydrogens (tertiary/aromatic N) is 4. The minimum atomic E-state index is 0.452. The van der Waals surface area contributed by atoms with Gasteiger partial charge in [-0.3, -0.25) is 0 Å². The second-order valence-electron chi connectivity index (χ2n) is 8.59. The Morgan fingerprint density at radius 2 is 1.57 bits per heavy atom. The van der Waals surface area contributed by atoms with Gasteiger partial charge in [0.15, 0.2) is 5.65 Å². The van der Waals surface area contributed by atoms with E-state index < -0.39 is 0 Å². The zero-order valence-corrected chi connectivity index (χ0v) is 19.8. The van der Waals surface area contributed by atoms with Gasteiger partial charge in [0.2, 0.25) is 5.95 Å². The van der Waals surface area contributed by atoms with Crippen LogP contribution >= 0.6 is 0 Å². The number of para-hydroxylation sites is 1. The van der Waals surface area contributed by atoms with Gasteiger partial charge in [0.25, 0.3) is 0 Å². The number of hydrogen-bond acceptors (Lipinski definition) is 6. The Morgan fingerprint density at radius 1 is 0.886 bits per heavy atom. The summed E-state index contributed by atoms with van der Waals surface area (Å²) in [5.41, 5.74) is 11.0. The van der Waals surface area contributed by atoms with Gasteiger partial charge in [-0.15, -0.1) is 5.10 Å². The molecule has 0 fully saturated rings. The summed E-state index contributed by atoms with van der Waals surface area (Å²) >= 11 is 0. The number of fused-ring (bicyclic) bond motifs is 1. The molecule has 0 aliphatic carbocycles. The van der Waals surface area contributed by atoms with Crippen LogP contribution in [0.1, 0.15) is 25.3 Å². The number of ether oxygens (including phenoxy) is 1. The molecule has 0 atom stereocenters. The topological polar surface area (TPSA) is 90.9 Å². The molecule has 2 heterocycles. The molecule has 0 aliphatic heterocycles. The Labute approximate surface area is 204 Å². The fraction of sp³-hybridized carbons (Fsp3) is 0.179. The van der Waals surface area contributed by atoms with Crippen LogP contribution < -0.4 is 15.8 Å². The lowest BCUT2D eigenvalue weighted by Gasteiger charge is -2.10. The fourth-order valence-corrected chi connectivity index (χ4v) is 3.94. The van der Waals surface area contributed by atoms with E-state index >= 15 is 0 Å². The van der Waals surface area contributed by atoms with Crippen LogP contribution in [0.15, 0.2) is 84.9 Å². The van der Waals surface area contributed by atoms with Crippen LogP contribution in [0.2, 0.25) is 0 Å². The molecule has 2 aromatic heterocycles. The minimum Gasteiger partial charge on any atom is -0.492 e. The minimum absolute atomic E-state index is 0.452. The maximum Gasteiger partial charge on any atom is 0.225 e. The number of nitrogen functional groups attached to an aromatic ring is 1. The molecular formula is C28H28N6O. The van der Waals surface area contributed by atoms with Gasteiger partial charge in [-0.05, 0) is 35.7 Å². The van der Waals surface area contributed by atoms with E-state index in [2.05, 4.69) is 36.3 Å². The van der Waals surface area contributed by atoms with Gasteiger partial charge in [0.05, 0.1) is 23.3 Å². The van der Waals surface area contributed by atoms with E-state index in [1.54, 1.807) is 4.68 Å². The average Bonchev–Trinajstić information content (AvgIpc) is 3.23. The first-order valence-electron chi connectivity index (χ1n) is 11.7. The number of anilines is 2. The van der Waals surface area contributed by atoms with Gasteiger partial charge >= 0.3 is 0 Å². The van der Waals surface area contributed by atoms with Crippen molar-refractivity contribution in [1.29, 1.82) is 0 Å². The molecule has 3 aromatic carbocycles. The molecule has 0 saturated heterocycles. The van der Waals surface area contributed by atoms with Crippen molar-refractivity contribution in [2.75, 3.05) is 24.2 Å². The van der Waals surface area contributed by atoms with Gasteiger partial charge in [0, 0.05) is 5.56 Å². The number of nitrogens with two attached hydrogens (primary N) is 1. The molecule has 7 heteroatoms. The van der Waals surface area contributed by atoms with Crippen LogP contribution in [0.3, 0.4) is 0 Å². The number of hydrogen-bond donors (Lipinski definition) is 2. The summed E-state index contributed by atoms with van der Waals surface area (Å²) in [4.78, 5) is 9.48. The van der Waals surface area contributed by atoms with E-state index in [1.165, 1.54) is 5.56 Å². The molecule has 0 amide bonds. The van der Waals surface area contributed by atoms with E-state index in [0.717, 1.165) is 28.1 Å². The Morgan fingerprint density at radius 3 is 2.26 bits per heavy atom. The molecule has 0 unspecified atom stereocenters. The van der Waals surface area contributed by atoms with Crippen LogP contribution in [-0.2, 0) is 0 Å². The highest BCUT2D eigenvalue weighted by Gasteiger charge is 2.19. The first-order valence-corrected chi connectivity index (χ1v) is 11.7. The van der Waals surface area contributed by atoms with Crippen LogP contribution in [0, 0.1) is 0 Å². The van der Waals surface area contributed by atoms with Crippen LogP contribution in [-0.4, -0.2) is 32.9 Å². The van der Waals surface area contributed by atoms with E-state index in [-0.39, 0.29) is 0 Å². The normalized spacial score (nSPS) is 11.2. The van der Waals surface area contributed by atoms with E-state index in [4.69, 9.17) is 20.6 Å². The van der Waals surface area contributed by atoms with Gasteiger partial charge in [0.1, 0.15) is 18.2 Å². The monoisotopic (exact) mass is 464 g/mol. The standard InChI is InChI=1S/C28H28N6O/c1-19(2)20-13-15-22(16-14-20)34-26(29)24-25(21-9-5-3-6-10-21)31-28(32-27(24)33-34)30-17-18-35-23-11-7-4-8-12-23/h3-16,19H,17-18,29H2,1-2H3,(H,30,32,33). The highest BCUT2D eigenvalue weighted by molar-refractivity contribution is 5.99. The Hall–Kier alpha value is -4.39. The highest BCUT2D eigenvalue weighted by Crippen LogP contribution is 2.33. The van der Waals surface area contributed by atoms with Crippen molar-refractivity contribution < 1.29 is 4.74 Å². The average molecular weight is 465 g/mol. The Bertz CT molecular complexity index is 1410. The largest absolute Gasteiger partial charge is 0.492 e. The smallest absolute Gasteiger partial charge is 0.225 e. The second kappa shape index (κ2) is 9.85. The Balaban J connectivity index is 1.48. The van der Waals surface area contributed by atoms with E-state index in [0.29, 0.717) is 36.5 Å². The Kier molecular flexibility index (Phi) is 6.30. The van der Waals surface area contributed by atoms with Crippen molar-refractivity contribution in [3.63, 3.8) is 0 Å². The van der Waals surface area contributed by atoms with E-state index in [1.807, 2.05) is 72.8 Å². The number of aromatic nitrogens is 4. The lowest BCUT2D eigenvalue weighted by molar-refractivity contribution is 0.332. The van der Waals surface area contributed by atoms with Crippen molar-refractivity contribution >= 4 is 22.8 Å². The third-order valence-corrected chi connectivity index (χ3v) is 5.82. The molecule has 7 nitrogen and oxygen atoms in total. The van der Waals surface area contributed by atoms with Gasteiger partial charge in [-0.2, -0.15) is 4.98 Å². The number of nitrogens with one attached hydrogen (secondary N) is 1. The van der Waals surface area contributed by atoms with Crippen molar-refractivity contribution in [3.8, 4) is 22.7 Å². The molecule has 5 aromatic rings. The van der Waals surface area contributed by atoms with Gasteiger partial charge in [-0.1, -0.05) is 74.5 Å². The zero-order chi connectivity index (χ0) is 24.2. The molecule has 0 spiro atoms. The molecule has 176 valence electrons. The molecule has 0 radical (unpaired) electrons. The van der Waals surface area contributed by atoms with Crippen LogP contribution in [0.4, 0.5) is 11.8 Å². The molecule has 0 saturated carbocycles. The quantitative estimate of drug-likeness (QED) is 0.287. The zero-order valence-electron chi connectivity index (χ0n) is 19.8. The predicted octanol–water partition coefficient (Wildman–Crippen LogP) is 5.68. The lowest BCUT2D eigenvalue weighted by atomic mass is 10.0. The SMILES string of the molecule is CC(C)c1ccc(-n2nc3nc(NCCOc4ccccc4)nc(-c4ccccc4)c3c2N)cc1. The van der Waals surface area contributed by atoms with Gasteiger partial charge < -0.3 is 15.8 Å². The summed E-state index contributed by atoms with van der Waals surface area (Å²) in [5.74, 6) is 2.27. The number of benzene rings is 3. The fourth-order valence-electron chi connectivity index (χ4n) is 3.94. The van der Waals surface area contributed by atoms with Crippen molar-refractivity contribution in [2.45, 2.75) is 19.8 Å². The summed E-state index contributed by atoms with van der Waals surface area (Å²) < 4.78 is 7.51. The highest BCUT2D eigenvalue weighted by atomic mass is 16.5. The molecule has 0 aliphatic rings. The first-order chi connectivity index (χ1) is 17.1. The van der Waals surface area contributed by atoms with Crippen molar-refractivity contribution in [3.05, 3.63) is 90.5 Å². The summed E-state index contributed by atoms with van der Waals surface area (Å²) in [6, 6.07) is 28.0.